The molecule has 0 saturated carbocycles. The Kier molecular flexibility index (Phi) is 6.88. The average Bonchev–Trinajstić information content (AvgIpc) is 3.24. The summed E-state index contributed by atoms with van der Waals surface area (Å²) < 4.78 is 19.0. The molecule has 0 saturated heterocycles. The Labute approximate surface area is 202 Å². The second-order valence-corrected chi connectivity index (χ2v) is 10.5. The third-order valence-corrected chi connectivity index (χ3v) is 7.38. The minimum absolute atomic E-state index is 0.122. The first kappa shape index (κ1) is 24.5. The number of amides is 1. The quantitative estimate of drug-likeness (QED) is 0.570. The number of aromatic nitrogens is 1. The molecule has 0 fully saturated rings. The first-order valence-corrected chi connectivity index (χ1v) is 12.2. The SMILES string of the molecule is CO[C@@H](C(C)P)C(C)C[C@H]1Cc2ccc(NC(=O)c3ccc(F)cn3)cc2[C@]12C=C(N)C(C)=N2. The van der Waals surface area contributed by atoms with E-state index >= 15 is 0 Å². The van der Waals surface area contributed by atoms with Crippen molar-refractivity contribution in [1.29, 1.82) is 0 Å². The molecule has 1 spiro atoms. The van der Waals surface area contributed by atoms with Gasteiger partial charge in [-0.3, -0.25) is 9.79 Å². The maximum atomic E-state index is 13.2. The largest absolute Gasteiger partial charge is 0.397 e. The smallest absolute Gasteiger partial charge is 0.274 e. The monoisotopic (exact) mass is 482 g/mol. The van der Waals surface area contributed by atoms with E-state index < -0.39 is 17.3 Å². The Balaban J connectivity index is 1.65. The normalized spacial score (nSPS) is 23.8. The molecule has 0 radical (unpaired) electrons. The molecule has 1 aromatic heterocycles. The van der Waals surface area contributed by atoms with Crippen molar-refractivity contribution in [3.8, 4) is 0 Å². The van der Waals surface area contributed by atoms with Gasteiger partial charge in [0.05, 0.1) is 23.7 Å². The van der Waals surface area contributed by atoms with Crippen LogP contribution in [0.3, 0.4) is 0 Å². The number of nitrogens with zero attached hydrogens (tertiary/aromatic N) is 2. The van der Waals surface area contributed by atoms with Gasteiger partial charge in [0.1, 0.15) is 17.1 Å². The second kappa shape index (κ2) is 9.55. The van der Waals surface area contributed by atoms with Gasteiger partial charge in [0.2, 0.25) is 0 Å². The molecule has 2 aliphatic rings. The number of anilines is 1. The molecule has 180 valence electrons. The maximum absolute atomic E-state index is 13.2. The lowest BCUT2D eigenvalue weighted by molar-refractivity contribution is 0.0469. The second-order valence-electron chi connectivity index (χ2n) is 9.48. The van der Waals surface area contributed by atoms with Crippen LogP contribution >= 0.6 is 9.24 Å². The lowest BCUT2D eigenvalue weighted by Crippen LogP contribution is -2.34. The molecule has 1 amide bonds. The number of ether oxygens (including phenoxy) is 1. The minimum atomic E-state index is -0.560. The van der Waals surface area contributed by atoms with Crippen LogP contribution in [-0.4, -0.2) is 35.5 Å². The Morgan fingerprint density at radius 1 is 1.35 bits per heavy atom. The summed E-state index contributed by atoms with van der Waals surface area (Å²) in [5, 5.41) is 2.89. The van der Waals surface area contributed by atoms with Crippen LogP contribution in [0.15, 0.2) is 53.3 Å². The molecule has 2 aromatic rings. The zero-order valence-corrected chi connectivity index (χ0v) is 21.2. The zero-order valence-electron chi connectivity index (χ0n) is 20.0. The van der Waals surface area contributed by atoms with Gasteiger partial charge in [-0.25, -0.2) is 9.37 Å². The first-order valence-electron chi connectivity index (χ1n) is 11.5. The molecule has 2 heterocycles. The number of allylic oxidation sites excluding steroid dienone is 1. The van der Waals surface area contributed by atoms with E-state index in [-0.39, 0.29) is 17.7 Å². The van der Waals surface area contributed by atoms with E-state index in [0.717, 1.165) is 30.3 Å². The predicted octanol–water partition coefficient (Wildman–Crippen LogP) is 4.46. The predicted molar refractivity (Wildman–Crippen MR) is 137 cm³/mol. The summed E-state index contributed by atoms with van der Waals surface area (Å²) in [4.78, 5) is 21.6. The Hall–Kier alpha value is -2.63. The molecular weight excluding hydrogens is 450 g/mol. The number of aliphatic imine (C=N–C) groups is 1. The third kappa shape index (κ3) is 4.51. The van der Waals surface area contributed by atoms with E-state index in [2.05, 4.69) is 45.5 Å². The van der Waals surface area contributed by atoms with Crippen LogP contribution < -0.4 is 11.1 Å². The van der Waals surface area contributed by atoms with E-state index in [4.69, 9.17) is 15.5 Å². The zero-order chi connectivity index (χ0) is 24.6. The number of hydrogen-bond donors (Lipinski definition) is 2. The van der Waals surface area contributed by atoms with Crippen LogP contribution in [0.1, 0.15) is 48.8 Å². The fourth-order valence-corrected chi connectivity index (χ4v) is 5.96. The van der Waals surface area contributed by atoms with Crippen molar-refractivity contribution in [1.82, 2.24) is 4.98 Å². The molecule has 0 bridgehead atoms. The summed E-state index contributed by atoms with van der Waals surface area (Å²) in [7, 11) is 4.61. The molecule has 4 rings (SSSR count). The van der Waals surface area contributed by atoms with Gasteiger partial charge >= 0.3 is 0 Å². The standard InChI is InChI=1S/C26H32FN4O2P/c1-14(24(33-4)16(3)34)9-18-10-17-5-7-20(30-25(32)23-8-6-19(27)13-29-23)11-21(17)26(18)12-22(28)15(2)31-26/h5-8,11-14,16,18,24H,9-10,28,34H2,1-4H3,(H,30,32)/t14?,16?,18-,24+,26-/m0/s1. The number of pyridine rings is 1. The van der Waals surface area contributed by atoms with E-state index in [1.54, 1.807) is 7.11 Å². The Morgan fingerprint density at radius 3 is 2.71 bits per heavy atom. The molecule has 3 unspecified atom stereocenters. The van der Waals surface area contributed by atoms with Crippen molar-refractivity contribution >= 4 is 26.5 Å². The van der Waals surface area contributed by atoms with Crippen molar-refractivity contribution in [3.05, 3.63) is 70.9 Å². The summed E-state index contributed by atoms with van der Waals surface area (Å²) in [6.07, 6.45) is 5.02. The molecule has 6 nitrogen and oxygen atoms in total. The van der Waals surface area contributed by atoms with Crippen LogP contribution in [0.4, 0.5) is 10.1 Å². The maximum Gasteiger partial charge on any atom is 0.274 e. The molecule has 3 N–H and O–H groups in total. The van der Waals surface area contributed by atoms with Crippen molar-refractivity contribution in [2.45, 2.75) is 50.9 Å². The van der Waals surface area contributed by atoms with E-state index in [1.807, 2.05) is 19.1 Å². The highest BCUT2D eigenvalue weighted by atomic mass is 31.0. The Morgan fingerprint density at radius 2 is 2.12 bits per heavy atom. The van der Waals surface area contributed by atoms with E-state index in [1.165, 1.54) is 17.7 Å². The third-order valence-electron chi connectivity index (χ3n) is 7.00. The number of nitrogens with one attached hydrogen (secondary N) is 1. The van der Waals surface area contributed by atoms with Gasteiger partial charge in [-0.2, -0.15) is 0 Å². The topological polar surface area (TPSA) is 89.6 Å². The average molecular weight is 483 g/mol. The summed E-state index contributed by atoms with van der Waals surface area (Å²) in [6, 6.07) is 8.51. The van der Waals surface area contributed by atoms with Crippen LogP contribution in [0.2, 0.25) is 0 Å². The lowest BCUT2D eigenvalue weighted by Gasteiger charge is -2.33. The van der Waals surface area contributed by atoms with Gasteiger partial charge in [0.15, 0.2) is 0 Å². The van der Waals surface area contributed by atoms with Crippen LogP contribution in [0.5, 0.6) is 0 Å². The number of nitrogens with two attached hydrogens (primary N) is 1. The molecular formula is C26H32FN4O2P. The minimum Gasteiger partial charge on any atom is -0.397 e. The molecule has 34 heavy (non-hydrogen) atoms. The van der Waals surface area contributed by atoms with Crippen molar-refractivity contribution in [3.63, 3.8) is 0 Å². The van der Waals surface area contributed by atoms with Crippen LogP contribution in [0, 0.1) is 17.7 Å². The molecule has 6 atom stereocenters. The molecule has 1 aliphatic heterocycles. The lowest BCUT2D eigenvalue weighted by atomic mass is 9.78. The number of benzene rings is 1. The number of fused-ring (bicyclic) bond motifs is 2. The van der Waals surface area contributed by atoms with Gasteiger partial charge in [-0.1, -0.05) is 19.9 Å². The van der Waals surface area contributed by atoms with Gasteiger partial charge in [-0.05, 0) is 78.7 Å². The fourth-order valence-electron chi connectivity index (χ4n) is 5.43. The van der Waals surface area contributed by atoms with E-state index in [9.17, 15) is 9.18 Å². The highest BCUT2D eigenvalue weighted by Crippen LogP contribution is 2.51. The highest BCUT2D eigenvalue weighted by Gasteiger charge is 2.48. The first-order chi connectivity index (χ1) is 16.1. The number of carbonyl (C=O) groups is 1. The number of hydrogen-bond acceptors (Lipinski definition) is 5. The molecule has 8 heteroatoms. The number of rotatable bonds is 7. The number of halogens is 1. The summed E-state index contributed by atoms with van der Waals surface area (Å²) in [6.45, 7) is 6.31. The van der Waals surface area contributed by atoms with Crippen molar-refractivity contribution < 1.29 is 13.9 Å². The highest BCUT2D eigenvalue weighted by molar-refractivity contribution is 7.17. The molecule has 1 aromatic carbocycles. The van der Waals surface area contributed by atoms with Gasteiger partial charge < -0.3 is 15.8 Å². The van der Waals surface area contributed by atoms with Gasteiger partial charge in [-0.15, -0.1) is 9.24 Å². The Bertz CT molecular complexity index is 1130. The number of methoxy groups -OCH3 is 1. The summed E-state index contributed by atoms with van der Waals surface area (Å²) in [5.74, 6) is -0.333. The van der Waals surface area contributed by atoms with Crippen LogP contribution in [-0.2, 0) is 16.7 Å². The number of carbonyl (C=O) groups excluding carboxylic acids is 1. The fraction of sp³-hybridized carbons (Fsp3) is 0.423. The van der Waals surface area contributed by atoms with Crippen LogP contribution in [0.25, 0.3) is 0 Å². The van der Waals surface area contributed by atoms with Crippen molar-refractivity contribution in [2.24, 2.45) is 22.6 Å². The summed E-state index contributed by atoms with van der Waals surface area (Å²) in [5.41, 5.74) is 10.7. The van der Waals surface area contributed by atoms with E-state index in [0.29, 0.717) is 23.0 Å². The molecule has 1 aliphatic carbocycles. The van der Waals surface area contributed by atoms with Gasteiger partial charge in [0.25, 0.3) is 5.91 Å². The summed E-state index contributed by atoms with van der Waals surface area (Å²) >= 11 is 0. The van der Waals surface area contributed by atoms with Crippen molar-refractivity contribution in [2.75, 3.05) is 12.4 Å². The van der Waals surface area contributed by atoms with Gasteiger partial charge in [0, 0.05) is 12.8 Å².